The summed E-state index contributed by atoms with van der Waals surface area (Å²) < 4.78 is 44.0. The minimum atomic E-state index is -2.85. The summed E-state index contributed by atoms with van der Waals surface area (Å²) in [5.74, 6) is 0.246. The maximum atomic E-state index is 12.0. The highest BCUT2D eigenvalue weighted by Gasteiger charge is 2.14. The van der Waals surface area contributed by atoms with E-state index in [2.05, 4.69) is 9.47 Å². The highest BCUT2D eigenvalue weighted by Crippen LogP contribution is 2.25. The summed E-state index contributed by atoms with van der Waals surface area (Å²) in [5, 5.41) is 0. The van der Waals surface area contributed by atoms with Gasteiger partial charge in [0, 0.05) is 6.07 Å². The molecule has 7 heteroatoms. The number of benzene rings is 1. The molecule has 1 atom stereocenters. The molecule has 0 N–H and O–H groups in total. The highest BCUT2D eigenvalue weighted by atomic mass is 19.3. The number of hydrogen-bond acceptors (Lipinski definition) is 5. The van der Waals surface area contributed by atoms with Gasteiger partial charge in [0.15, 0.2) is 0 Å². The van der Waals surface area contributed by atoms with Gasteiger partial charge in [0.1, 0.15) is 17.6 Å². The molecule has 1 aromatic rings. The zero-order chi connectivity index (χ0) is 17.2. The third-order valence-corrected chi connectivity index (χ3v) is 2.86. The van der Waals surface area contributed by atoms with Crippen molar-refractivity contribution in [2.45, 2.75) is 39.4 Å². The van der Waals surface area contributed by atoms with Crippen molar-refractivity contribution < 1.29 is 32.5 Å². The van der Waals surface area contributed by atoms with Gasteiger partial charge in [-0.15, -0.1) is 0 Å². The van der Waals surface area contributed by atoms with Crippen molar-refractivity contribution in [2.24, 2.45) is 0 Å². The van der Waals surface area contributed by atoms with Crippen LogP contribution in [0.4, 0.5) is 8.78 Å². The second-order valence-corrected chi connectivity index (χ2v) is 4.91. The van der Waals surface area contributed by atoms with Crippen molar-refractivity contribution >= 4 is 5.97 Å². The predicted octanol–water partition coefficient (Wildman–Crippen LogP) is 3.66. The molecule has 0 saturated carbocycles. The van der Waals surface area contributed by atoms with E-state index < -0.39 is 18.7 Å². The average Bonchev–Trinajstić information content (AvgIpc) is 2.52. The fraction of sp³-hybridized carbons (Fsp3) is 0.562. The molecule has 23 heavy (non-hydrogen) atoms. The van der Waals surface area contributed by atoms with Crippen LogP contribution in [0.3, 0.4) is 0 Å². The Morgan fingerprint density at radius 1 is 1.22 bits per heavy atom. The Bertz CT molecular complexity index is 493. The van der Waals surface area contributed by atoms with Gasteiger partial charge in [-0.05, 0) is 25.5 Å². The van der Waals surface area contributed by atoms with Crippen LogP contribution < -0.4 is 9.47 Å². The molecule has 0 heterocycles. The Kier molecular flexibility index (Phi) is 8.32. The first kappa shape index (κ1) is 19.2. The number of hydrogen-bond donors (Lipinski definition) is 0. The van der Waals surface area contributed by atoms with Crippen molar-refractivity contribution in [2.75, 3.05) is 20.3 Å². The summed E-state index contributed by atoms with van der Waals surface area (Å²) in [7, 11) is 1.27. The number of ether oxygens (including phenoxy) is 4. The zero-order valence-corrected chi connectivity index (χ0v) is 13.5. The average molecular weight is 332 g/mol. The van der Waals surface area contributed by atoms with Gasteiger partial charge in [0.25, 0.3) is 0 Å². The van der Waals surface area contributed by atoms with Gasteiger partial charge in [-0.2, -0.15) is 8.78 Å². The number of esters is 1. The molecule has 0 spiro atoms. The van der Waals surface area contributed by atoms with Gasteiger partial charge in [0.05, 0.1) is 25.9 Å². The van der Waals surface area contributed by atoms with Crippen LogP contribution in [-0.4, -0.2) is 39.0 Å². The second kappa shape index (κ2) is 9.99. The molecule has 0 aromatic heterocycles. The summed E-state index contributed by atoms with van der Waals surface area (Å²) in [6, 6.07) is 4.62. The van der Waals surface area contributed by atoms with Gasteiger partial charge >= 0.3 is 12.6 Å². The standard InChI is InChI=1S/C16H22F2O5/c1-4-5-6-21-13-7-12(15(19)20-3)8-14(9-13)23-11(2)10-22-16(17)18/h7-9,11,16H,4-6,10H2,1-3H3/t11-/m0/s1. The van der Waals surface area contributed by atoms with Gasteiger partial charge in [-0.3, -0.25) is 0 Å². The number of rotatable bonds is 10. The molecule has 0 radical (unpaired) electrons. The second-order valence-electron chi connectivity index (χ2n) is 4.91. The van der Waals surface area contributed by atoms with Crippen LogP contribution in [0.25, 0.3) is 0 Å². The topological polar surface area (TPSA) is 54.0 Å². The van der Waals surface area contributed by atoms with Crippen molar-refractivity contribution in [3.05, 3.63) is 23.8 Å². The Morgan fingerprint density at radius 2 is 1.91 bits per heavy atom. The zero-order valence-electron chi connectivity index (χ0n) is 13.5. The normalized spacial score (nSPS) is 12.1. The van der Waals surface area contributed by atoms with Crippen molar-refractivity contribution in [3.63, 3.8) is 0 Å². The van der Waals surface area contributed by atoms with Crippen LogP contribution in [0.1, 0.15) is 37.0 Å². The molecule has 1 aromatic carbocycles. The van der Waals surface area contributed by atoms with Crippen molar-refractivity contribution in [1.82, 2.24) is 0 Å². The first-order chi connectivity index (χ1) is 11.0. The Hall–Kier alpha value is -1.89. The molecular formula is C16H22F2O5. The lowest BCUT2D eigenvalue weighted by atomic mass is 10.2. The summed E-state index contributed by atoms with van der Waals surface area (Å²) >= 11 is 0. The Morgan fingerprint density at radius 3 is 2.52 bits per heavy atom. The third kappa shape index (κ3) is 7.27. The number of unbranched alkanes of at least 4 members (excludes halogenated alkanes) is 1. The van der Waals surface area contributed by atoms with Crippen LogP contribution in [-0.2, 0) is 9.47 Å². The maximum absolute atomic E-state index is 12.0. The summed E-state index contributed by atoms with van der Waals surface area (Å²) in [5.41, 5.74) is 0.262. The van der Waals surface area contributed by atoms with E-state index in [0.717, 1.165) is 12.8 Å². The van der Waals surface area contributed by atoms with Crippen LogP contribution in [0.5, 0.6) is 11.5 Å². The van der Waals surface area contributed by atoms with E-state index in [4.69, 9.17) is 9.47 Å². The van der Waals surface area contributed by atoms with Gasteiger partial charge in [-0.25, -0.2) is 4.79 Å². The maximum Gasteiger partial charge on any atom is 0.345 e. The van der Waals surface area contributed by atoms with E-state index in [1.54, 1.807) is 19.1 Å². The molecule has 0 amide bonds. The van der Waals surface area contributed by atoms with Crippen molar-refractivity contribution in [3.8, 4) is 11.5 Å². The lowest BCUT2D eigenvalue weighted by Crippen LogP contribution is -2.21. The van der Waals surface area contributed by atoms with E-state index in [-0.39, 0.29) is 12.2 Å². The fourth-order valence-electron chi connectivity index (χ4n) is 1.77. The van der Waals surface area contributed by atoms with Crippen LogP contribution in [0.15, 0.2) is 18.2 Å². The molecular weight excluding hydrogens is 310 g/mol. The number of carbonyl (C=O) groups is 1. The van der Waals surface area contributed by atoms with Gasteiger partial charge in [-0.1, -0.05) is 13.3 Å². The molecule has 1 rings (SSSR count). The Balaban J connectivity index is 2.82. The first-order valence-corrected chi connectivity index (χ1v) is 7.38. The lowest BCUT2D eigenvalue weighted by molar-refractivity contribution is -0.142. The smallest absolute Gasteiger partial charge is 0.345 e. The summed E-state index contributed by atoms with van der Waals surface area (Å²) in [6.45, 7) is 1.00. The minimum Gasteiger partial charge on any atom is -0.493 e. The fourth-order valence-corrected chi connectivity index (χ4v) is 1.77. The quantitative estimate of drug-likeness (QED) is 0.483. The molecule has 130 valence electrons. The molecule has 0 bridgehead atoms. The number of halogens is 2. The number of alkyl halides is 2. The van der Waals surface area contributed by atoms with Crippen LogP contribution in [0, 0.1) is 0 Å². The largest absolute Gasteiger partial charge is 0.493 e. The van der Waals surface area contributed by atoms with Crippen LogP contribution in [0.2, 0.25) is 0 Å². The van der Waals surface area contributed by atoms with E-state index in [1.807, 2.05) is 6.92 Å². The molecule has 0 aliphatic carbocycles. The minimum absolute atomic E-state index is 0.262. The monoisotopic (exact) mass is 332 g/mol. The van der Waals surface area contributed by atoms with E-state index in [9.17, 15) is 13.6 Å². The molecule has 5 nitrogen and oxygen atoms in total. The summed E-state index contributed by atoms with van der Waals surface area (Å²) in [4.78, 5) is 11.7. The van der Waals surface area contributed by atoms with Crippen molar-refractivity contribution in [1.29, 1.82) is 0 Å². The SMILES string of the molecule is CCCCOc1cc(O[C@@H](C)COC(F)F)cc(C(=O)OC)c1. The van der Waals surface area contributed by atoms with E-state index >= 15 is 0 Å². The van der Waals surface area contributed by atoms with Gasteiger partial charge in [0.2, 0.25) is 0 Å². The Labute approximate surface area is 134 Å². The number of carbonyl (C=O) groups excluding carboxylic acids is 1. The lowest BCUT2D eigenvalue weighted by Gasteiger charge is -2.16. The molecule has 0 unspecified atom stereocenters. The molecule has 0 aliphatic rings. The summed E-state index contributed by atoms with van der Waals surface area (Å²) in [6.07, 6.45) is 1.24. The van der Waals surface area contributed by atoms with Crippen LogP contribution >= 0.6 is 0 Å². The third-order valence-electron chi connectivity index (χ3n) is 2.86. The van der Waals surface area contributed by atoms with E-state index in [0.29, 0.717) is 18.1 Å². The number of methoxy groups -OCH3 is 1. The van der Waals surface area contributed by atoms with E-state index in [1.165, 1.54) is 13.2 Å². The molecule has 0 saturated heterocycles. The first-order valence-electron chi connectivity index (χ1n) is 7.38. The molecule has 0 aliphatic heterocycles. The molecule has 0 fully saturated rings. The highest BCUT2D eigenvalue weighted by molar-refractivity contribution is 5.90. The van der Waals surface area contributed by atoms with Gasteiger partial charge < -0.3 is 18.9 Å². The predicted molar refractivity (Wildman–Crippen MR) is 80.2 cm³/mol.